The summed E-state index contributed by atoms with van der Waals surface area (Å²) < 4.78 is 17.1. The van der Waals surface area contributed by atoms with Gasteiger partial charge in [0.25, 0.3) is 0 Å². The fraction of sp³-hybridized carbons (Fsp3) is 0.417. The molecule has 7 heteroatoms. The van der Waals surface area contributed by atoms with Crippen molar-refractivity contribution in [2.75, 3.05) is 31.7 Å². The highest BCUT2D eigenvalue weighted by Gasteiger charge is 2.32. The van der Waals surface area contributed by atoms with Gasteiger partial charge in [-0.3, -0.25) is 0 Å². The molecule has 1 heterocycles. The van der Waals surface area contributed by atoms with Crippen LogP contribution in [0.15, 0.2) is 36.4 Å². The molecule has 0 aromatic heterocycles. The molecule has 2 aromatic rings. The van der Waals surface area contributed by atoms with Crippen LogP contribution >= 0.6 is 11.6 Å². The van der Waals surface area contributed by atoms with E-state index in [1.54, 1.807) is 18.2 Å². The summed E-state index contributed by atoms with van der Waals surface area (Å²) in [5.41, 5.74) is 2.20. The maximum Gasteiger partial charge on any atom is 0.337 e. The summed E-state index contributed by atoms with van der Waals surface area (Å²) in [5, 5.41) is 0.614. The van der Waals surface area contributed by atoms with Gasteiger partial charge in [0.1, 0.15) is 24.4 Å². The van der Waals surface area contributed by atoms with E-state index in [1.165, 1.54) is 7.11 Å². The van der Waals surface area contributed by atoms with Gasteiger partial charge in [-0.2, -0.15) is 0 Å². The van der Waals surface area contributed by atoms with Crippen LogP contribution in [-0.4, -0.2) is 39.1 Å². The van der Waals surface area contributed by atoms with E-state index in [0.29, 0.717) is 47.8 Å². The molecular weight excluding hydrogens is 418 g/mol. The first-order chi connectivity index (χ1) is 15.1. The second-order valence-electron chi connectivity index (χ2n) is 8.00. The third-order valence-corrected chi connectivity index (χ3v) is 6.30. The number of benzene rings is 2. The number of esters is 1. The minimum absolute atomic E-state index is 0.0917. The Morgan fingerprint density at radius 1 is 1.19 bits per heavy atom. The van der Waals surface area contributed by atoms with Crippen LogP contribution in [0.1, 0.15) is 35.2 Å². The lowest BCUT2D eigenvalue weighted by Gasteiger charge is -2.38. The van der Waals surface area contributed by atoms with E-state index in [9.17, 15) is 9.59 Å². The van der Waals surface area contributed by atoms with Gasteiger partial charge in [0.2, 0.25) is 0 Å². The monoisotopic (exact) mass is 443 g/mol. The van der Waals surface area contributed by atoms with Crippen LogP contribution in [0.2, 0.25) is 5.02 Å². The number of ether oxygens (including phenoxy) is 3. The number of aldehydes is 1. The molecule has 164 valence electrons. The molecule has 2 aliphatic rings. The number of hydrogen-bond donors (Lipinski definition) is 0. The zero-order chi connectivity index (χ0) is 21.8. The summed E-state index contributed by atoms with van der Waals surface area (Å²) in [7, 11) is 1.37. The van der Waals surface area contributed by atoms with Gasteiger partial charge in [0.05, 0.1) is 25.0 Å². The van der Waals surface area contributed by atoms with Crippen LogP contribution in [0, 0.1) is 11.8 Å². The van der Waals surface area contributed by atoms with Crippen molar-refractivity contribution < 1.29 is 23.8 Å². The molecule has 6 nitrogen and oxygen atoms in total. The standard InChI is InChI=1S/C24H26ClNO5/c1-29-24(28)16-6-8-22-21(11-16)26(13-17-3-4-18(17)14-27)9-2-10-30-23-12-20(25)7-5-19(23)15-31-22/h5-8,11-12,14,17-18H,2-4,9-10,13,15H2,1H3/t17-,18-/m0/s1. The summed E-state index contributed by atoms with van der Waals surface area (Å²) >= 11 is 6.15. The average Bonchev–Trinajstić information content (AvgIpc) is 2.79. The van der Waals surface area contributed by atoms with Crippen LogP contribution < -0.4 is 14.4 Å². The predicted molar refractivity (Wildman–Crippen MR) is 118 cm³/mol. The third kappa shape index (κ3) is 4.79. The molecule has 1 saturated carbocycles. The van der Waals surface area contributed by atoms with Crippen molar-refractivity contribution in [3.05, 3.63) is 52.5 Å². The van der Waals surface area contributed by atoms with Crippen LogP contribution in [0.4, 0.5) is 5.69 Å². The van der Waals surface area contributed by atoms with Crippen LogP contribution in [0.3, 0.4) is 0 Å². The molecular formula is C24H26ClNO5. The molecule has 2 atom stereocenters. The Balaban J connectivity index is 1.68. The molecule has 0 bridgehead atoms. The van der Waals surface area contributed by atoms with Gasteiger partial charge in [0.15, 0.2) is 0 Å². The maximum absolute atomic E-state index is 12.2. The number of rotatable bonds is 4. The molecule has 2 aromatic carbocycles. The number of carbonyl (C=O) groups excluding carboxylic acids is 2. The Bertz CT molecular complexity index is 963. The topological polar surface area (TPSA) is 65.1 Å². The summed E-state index contributed by atoms with van der Waals surface area (Å²) in [6.07, 6.45) is 3.79. The van der Waals surface area contributed by atoms with Crippen molar-refractivity contribution in [3.63, 3.8) is 0 Å². The summed E-state index contributed by atoms with van der Waals surface area (Å²) in [6, 6.07) is 10.9. The fourth-order valence-corrected chi connectivity index (χ4v) is 4.26. The lowest BCUT2D eigenvalue weighted by atomic mass is 9.74. The van der Waals surface area contributed by atoms with Crippen LogP contribution in [0.5, 0.6) is 11.5 Å². The first-order valence-corrected chi connectivity index (χ1v) is 10.9. The van der Waals surface area contributed by atoms with E-state index in [0.717, 1.165) is 43.3 Å². The molecule has 0 N–H and O–H groups in total. The van der Waals surface area contributed by atoms with Gasteiger partial charge in [-0.15, -0.1) is 0 Å². The minimum Gasteiger partial charge on any atom is -0.493 e. The highest BCUT2D eigenvalue weighted by atomic mass is 35.5. The zero-order valence-corrected chi connectivity index (χ0v) is 18.3. The van der Waals surface area contributed by atoms with Gasteiger partial charge >= 0.3 is 5.97 Å². The smallest absolute Gasteiger partial charge is 0.337 e. The number of hydrogen-bond acceptors (Lipinski definition) is 6. The largest absolute Gasteiger partial charge is 0.493 e. The van der Waals surface area contributed by atoms with Crippen molar-refractivity contribution in [1.82, 2.24) is 0 Å². The highest BCUT2D eigenvalue weighted by Crippen LogP contribution is 2.38. The number of carbonyl (C=O) groups is 2. The number of fused-ring (bicyclic) bond motifs is 2. The normalized spacial score (nSPS) is 20.6. The molecule has 1 aliphatic heterocycles. The Labute approximate surface area is 187 Å². The molecule has 1 aliphatic carbocycles. The van der Waals surface area contributed by atoms with E-state index in [-0.39, 0.29) is 5.92 Å². The quantitative estimate of drug-likeness (QED) is 0.511. The van der Waals surface area contributed by atoms with Crippen molar-refractivity contribution >= 4 is 29.5 Å². The van der Waals surface area contributed by atoms with E-state index < -0.39 is 5.97 Å². The maximum atomic E-state index is 12.2. The molecule has 1 fully saturated rings. The summed E-state index contributed by atoms with van der Waals surface area (Å²) in [6.45, 7) is 2.27. The van der Waals surface area contributed by atoms with E-state index >= 15 is 0 Å². The summed E-state index contributed by atoms with van der Waals surface area (Å²) in [4.78, 5) is 25.7. The first-order valence-electron chi connectivity index (χ1n) is 10.6. The van der Waals surface area contributed by atoms with E-state index in [2.05, 4.69) is 4.90 Å². The van der Waals surface area contributed by atoms with Crippen LogP contribution in [0.25, 0.3) is 0 Å². The second-order valence-corrected chi connectivity index (χ2v) is 8.44. The Hall–Kier alpha value is -2.73. The minimum atomic E-state index is -0.394. The van der Waals surface area contributed by atoms with Crippen molar-refractivity contribution in [2.24, 2.45) is 11.8 Å². The molecule has 4 rings (SSSR count). The lowest BCUT2D eigenvalue weighted by Crippen LogP contribution is -2.39. The molecule has 0 radical (unpaired) electrons. The van der Waals surface area contributed by atoms with Crippen molar-refractivity contribution in [1.29, 1.82) is 0 Å². The first kappa shape index (κ1) is 21.5. The Morgan fingerprint density at radius 2 is 2.06 bits per heavy atom. The number of methoxy groups -OCH3 is 1. The van der Waals surface area contributed by atoms with Crippen molar-refractivity contribution in [2.45, 2.75) is 25.9 Å². The number of nitrogens with zero attached hydrogens (tertiary/aromatic N) is 1. The van der Waals surface area contributed by atoms with Crippen molar-refractivity contribution in [3.8, 4) is 11.5 Å². The molecule has 31 heavy (non-hydrogen) atoms. The third-order valence-electron chi connectivity index (χ3n) is 6.07. The van der Waals surface area contributed by atoms with Gasteiger partial charge in [-0.05, 0) is 55.5 Å². The van der Waals surface area contributed by atoms with Gasteiger partial charge in [0, 0.05) is 29.6 Å². The molecule has 0 spiro atoms. The van der Waals surface area contributed by atoms with E-state index in [4.69, 9.17) is 25.8 Å². The molecule has 0 amide bonds. The average molecular weight is 444 g/mol. The Kier molecular flexibility index (Phi) is 6.66. The lowest BCUT2D eigenvalue weighted by molar-refractivity contribution is -0.115. The zero-order valence-electron chi connectivity index (χ0n) is 17.5. The predicted octanol–water partition coefficient (Wildman–Crippen LogP) is 4.52. The number of anilines is 1. The van der Waals surface area contributed by atoms with E-state index in [1.807, 2.05) is 18.2 Å². The number of halogens is 1. The van der Waals surface area contributed by atoms with Crippen LogP contribution in [-0.2, 0) is 16.1 Å². The fourth-order valence-electron chi connectivity index (χ4n) is 4.10. The molecule has 0 saturated heterocycles. The van der Waals surface area contributed by atoms with Gasteiger partial charge in [-0.25, -0.2) is 4.79 Å². The van der Waals surface area contributed by atoms with Gasteiger partial charge < -0.3 is 23.9 Å². The SMILES string of the molecule is COC(=O)c1ccc2c(c1)N(C[C@@H]1CC[C@H]1C=O)CCCOc1cc(Cl)ccc1CO2. The summed E-state index contributed by atoms with van der Waals surface area (Å²) in [5.74, 6) is 1.39. The Morgan fingerprint density at radius 3 is 2.81 bits per heavy atom. The highest BCUT2D eigenvalue weighted by molar-refractivity contribution is 6.30. The molecule has 0 unspecified atom stereocenters. The second kappa shape index (κ2) is 9.60. The van der Waals surface area contributed by atoms with Gasteiger partial charge in [-0.1, -0.05) is 17.7 Å².